The van der Waals surface area contributed by atoms with Crippen molar-refractivity contribution in [1.29, 1.82) is 5.26 Å². The Morgan fingerprint density at radius 3 is 2.48 bits per heavy atom. The lowest BCUT2D eigenvalue weighted by Gasteiger charge is -2.23. The van der Waals surface area contributed by atoms with Gasteiger partial charge in [0.1, 0.15) is 0 Å². The molecule has 0 aliphatic rings. The molecular formula is C16H14N2O2S. The Morgan fingerprint density at radius 1 is 1.14 bits per heavy atom. The zero-order valence-corrected chi connectivity index (χ0v) is 12.1. The van der Waals surface area contributed by atoms with Crippen molar-refractivity contribution in [1.82, 2.24) is 0 Å². The van der Waals surface area contributed by atoms with Crippen LogP contribution in [0.3, 0.4) is 0 Å². The van der Waals surface area contributed by atoms with Gasteiger partial charge in [0.05, 0.1) is 28.8 Å². The Balaban J connectivity index is 2.53. The molecule has 5 heteroatoms. The molecule has 21 heavy (non-hydrogen) atoms. The minimum Gasteiger partial charge on any atom is -0.263 e. The fourth-order valence-corrected chi connectivity index (χ4v) is 3.39. The Bertz CT molecular complexity index is 777. The Labute approximate surface area is 124 Å². The SMILES string of the molecule is C=CCN(c1ccccc1)S(=O)(=O)c1cccc(C#N)c1. The zero-order chi connectivity index (χ0) is 15.3. The van der Waals surface area contributed by atoms with Crippen LogP contribution in [0.2, 0.25) is 0 Å². The molecule has 0 unspecified atom stereocenters. The molecule has 106 valence electrons. The highest BCUT2D eigenvalue weighted by molar-refractivity contribution is 7.92. The van der Waals surface area contributed by atoms with Crippen LogP contribution >= 0.6 is 0 Å². The van der Waals surface area contributed by atoms with Gasteiger partial charge in [0.2, 0.25) is 0 Å². The number of hydrogen-bond acceptors (Lipinski definition) is 3. The van der Waals surface area contributed by atoms with Gasteiger partial charge in [-0.25, -0.2) is 8.42 Å². The van der Waals surface area contributed by atoms with E-state index in [-0.39, 0.29) is 11.4 Å². The third-order valence-electron chi connectivity index (χ3n) is 2.89. The monoisotopic (exact) mass is 298 g/mol. The molecule has 0 atom stereocenters. The maximum absolute atomic E-state index is 12.8. The van der Waals surface area contributed by atoms with Gasteiger partial charge in [-0.3, -0.25) is 4.31 Å². The van der Waals surface area contributed by atoms with E-state index >= 15 is 0 Å². The molecular weight excluding hydrogens is 284 g/mol. The molecule has 0 aliphatic heterocycles. The Kier molecular flexibility index (Phi) is 4.41. The number of benzene rings is 2. The molecule has 0 heterocycles. The second-order valence-corrected chi connectivity index (χ2v) is 6.16. The van der Waals surface area contributed by atoms with E-state index in [1.54, 1.807) is 36.4 Å². The van der Waals surface area contributed by atoms with Gasteiger partial charge < -0.3 is 0 Å². The molecule has 2 aromatic carbocycles. The molecule has 0 saturated carbocycles. The van der Waals surface area contributed by atoms with Crippen LogP contribution in [0.25, 0.3) is 0 Å². The number of sulfonamides is 1. The molecule has 0 aliphatic carbocycles. The normalized spacial score (nSPS) is 10.6. The molecule has 0 amide bonds. The molecule has 0 radical (unpaired) electrons. The average molecular weight is 298 g/mol. The topological polar surface area (TPSA) is 61.2 Å². The number of rotatable bonds is 5. The average Bonchev–Trinajstić information content (AvgIpc) is 2.53. The van der Waals surface area contributed by atoms with Gasteiger partial charge in [-0.15, -0.1) is 6.58 Å². The van der Waals surface area contributed by atoms with Crippen LogP contribution in [0.4, 0.5) is 5.69 Å². The van der Waals surface area contributed by atoms with Gasteiger partial charge in [0.15, 0.2) is 0 Å². The smallest absolute Gasteiger partial charge is 0.263 e. The molecule has 0 bridgehead atoms. The molecule has 0 fully saturated rings. The van der Waals surface area contributed by atoms with Gasteiger partial charge in [0, 0.05) is 0 Å². The molecule has 0 spiro atoms. The molecule has 2 aromatic rings. The summed E-state index contributed by atoms with van der Waals surface area (Å²) >= 11 is 0. The van der Waals surface area contributed by atoms with E-state index in [0.717, 1.165) is 0 Å². The summed E-state index contributed by atoms with van der Waals surface area (Å²) in [5.41, 5.74) is 0.863. The maximum atomic E-state index is 12.8. The number of anilines is 1. The van der Waals surface area contributed by atoms with Crippen molar-refractivity contribution >= 4 is 15.7 Å². The summed E-state index contributed by atoms with van der Waals surface area (Å²) in [6.45, 7) is 3.76. The van der Waals surface area contributed by atoms with Crippen LogP contribution in [0, 0.1) is 11.3 Å². The Morgan fingerprint density at radius 2 is 1.86 bits per heavy atom. The van der Waals surface area contributed by atoms with Crippen molar-refractivity contribution in [2.75, 3.05) is 10.8 Å². The van der Waals surface area contributed by atoms with E-state index in [1.807, 2.05) is 12.1 Å². The number of nitriles is 1. The van der Waals surface area contributed by atoms with Crippen molar-refractivity contribution in [3.05, 3.63) is 72.8 Å². The van der Waals surface area contributed by atoms with Crippen molar-refractivity contribution < 1.29 is 8.42 Å². The second kappa shape index (κ2) is 6.25. The maximum Gasteiger partial charge on any atom is 0.264 e. The van der Waals surface area contributed by atoms with Crippen LogP contribution in [0.15, 0.2) is 72.1 Å². The fourth-order valence-electron chi connectivity index (χ4n) is 1.91. The molecule has 4 nitrogen and oxygen atoms in total. The summed E-state index contributed by atoms with van der Waals surface area (Å²) in [5, 5.41) is 8.91. The summed E-state index contributed by atoms with van der Waals surface area (Å²) in [4.78, 5) is 0.0900. The van der Waals surface area contributed by atoms with Crippen LogP contribution in [0.1, 0.15) is 5.56 Å². The lowest BCUT2D eigenvalue weighted by Crippen LogP contribution is -2.31. The predicted octanol–water partition coefficient (Wildman–Crippen LogP) is 2.94. The van der Waals surface area contributed by atoms with E-state index in [2.05, 4.69) is 6.58 Å². The van der Waals surface area contributed by atoms with E-state index in [1.165, 1.54) is 22.5 Å². The largest absolute Gasteiger partial charge is 0.264 e. The highest BCUT2D eigenvalue weighted by Crippen LogP contribution is 2.23. The van der Waals surface area contributed by atoms with Crippen LogP contribution in [-0.4, -0.2) is 15.0 Å². The molecule has 0 N–H and O–H groups in total. The third-order valence-corrected chi connectivity index (χ3v) is 4.68. The summed E-state index contributed by atoms with van der Waals surface area (Å²) < 4.78 is 26.8. The van der Waals surface area contributed by atoms with Crippen LogP contribution in [0.5, 0.6) is 0 Å². The number of hydrogen-bond donors (Lipinski definition) is 0. The minimum absolute atomic E-state index is 0.0900. The Hall–Kier alpha value is -2.58. The van der Waals surface area contributed by atoms with Crippen LogP contribution in [-0.2, 0) is 10.0 Å². The van der Waals surface area contributed by atoms with Crippen molar-refractivity contribution in [3.8, 4) is 6.07 Å². The lowest BCUT2D eigenvalue weighted by molar-refractivity contribution is 0.593. The van der Waals surface area contributed by atoms with E-state index in [0.29, 0.717) is 11.3 Å². The molecule has 0 saturated heterocycles. The first kappa shape index (κ1) is 14.8. The summed E-state index contributed by atoms with van der Waals surface area (Å²) in [6, 6.07) is 16.7. The highest BCUT2D eigenvalue weighted by Gasteiger charge is 2.24. The quantitative estimate of drug-likeness (QED) is 0.797. The first-order valence-electron chi connectivity index (χ1n) is 6.28. The van der Waals surface area contributed by atoms with E-state index in [9.17, 15) is 8.42 Å². The number of para-hydroxylation sites is 1. The van der Waals surface area contributed by atoms with Crippen molar-refractivity contribution in [2.45, 2.75) is 4.90 Å². The minimum atomic E-state index is -3.74. The lowest BCUT2D eigenvalue weighted by atomic mass is 10.2. The van der Waals surface area contributed by atoms with Crippen molar-refractivity contribution in [3.63, 3.8) is 0 Å². The third kappa shape index (κ3) is 3.12. The summed E-state index contributed by atoms with van der Waals surface area (Å²) in [5.74, 6) is 0. The number of nitrogens with zero attached hydrogens (tertiary/aromatic N) is 2. The van der Waals surface area contributed by atoms with Gasteiger partial charge >= 0.3 is 0 Å². The van der Waals surface area contributed by atoms with Crippen molar-refractivity contribution in [2.24, 2.45) is 0 Å². The fraction of sp³-hybridized carbons (Fsp3) is 0.0625. The summed E-state index contributed by atoms with van der Waals surface area (Å²) in [6.07, 6.45) is 1.53. The van der Waals surface area contributed by atoms with Gasteiger partial charge in [-0.05, 0) is 30.3 Å². The second-order valence-electron chi connectivity index (χ2n) is 4.30. The standard InChI is InChI=1S/C16H14N2O2S/c1-2-11-18(15-8-4-3-5-9-15)21(19,20)16-10-6-7-14(12-16)13-17/h2-10,12H,1,11H2. The molecule has 2 rings (SSSR count). The van der Waals surface area contributed by atoms with E-state index in [4.69, 9.17) is 5.26 Å². The predicted molar refractivity (Wildman–Crippen MR) is 82.3 cm³/mol. The van der Waals surface area contributed by atoms with E-state index < -0.39 is 10.0 Å². The highest BCUT2D eigenvalue weighted by atomic mass is 32.2. The van der Waals surface area contributed by atoms with Gasteiger partial charge in [-0.1, -0.05) is 30.3 Å². The van der Waals surface area contributed by atoms with Gasteiger partial charge in [0.25, 0.3) is 10.0 Å². The van der Waals surface area contributed by atoms with Crippen LogP contribution < -0.4 is 4.31 Å². The van der Waals surface area contributed by atoms with Gasteiger partial charge in [-0.2, -0.15) is 5.26 Å². The molecule has 0 aromatic heterocycles. The first-order valence-corrected chi connectivity index (χ1v) is 7.72. The summed E-state index contributed by atoms with van der Waals surface area (Å²) in [7, 11) is -3.74. The zero-order valence-electron chi connectivity index (χ0n) is 11.3. The first-order chi connectivity index (χ1) is 10.1.